The maximum atomic E-state index is 10.3. The van der Waals surface area contributed by atoms with Crippen LogP contribution in [0.3, 0.4) is 0 Å². The fourth-order valence-electron chi connectivity index (χ4n) is 3.11. The van der Waals surface area contributed by atoms with Gasteiger partial charge in [-0.3, -0.25) is 9.59 Å². The van der Waals surface area contributed by atoms with E-state index in [1.807, 2.05) is 0 Å². The zero-order valence-corrected chi connectivity index (χ0v) is 19.5. The van der Waals surface area contributed by atoms with E-state index < -0.39 is 5.97 Å². The van der Waals surface area contributed by atoms with Gasteiger partial charge in [0.15, 0.2) is 11.5 Å². The summed E-state index contributed by atoms with van der Waals surface area (Å²) in [5.74, 6) is -0.310. The number of carboxylic acids is 1. The number of aliphatic carboxylic acids is 1. The second-order valence-electron chi connectivity index (χ2n) is 7.78. The smallest absolute Gasteiger partial charge is 0.303 e. The number of hydrogen-bond acceptors (Lipinski definition) is 4. The van der Waals surface area contributed by atoms with Crippen molar-refractivity contribution in [1.29, 1.82) is 0 Å². The lowest BCUT2D eigenvalue weighted by molar-refractivity contribution is -0.137. The van der Waals surface area contributed by atoms with Crippen molar-refractivity contribution in [2.75, 3.05) is 7.11 Å². The van der Waals surface area contributed by atoms with E-state index in [2.05, 4.69) is 19.1 Å². The van der Waals surface area contributed by atoms with E-state index in [9.17, 15) is 9.59 Å². The number of rotatable bonds is 17. The first-order valence-electron chi connectivity index (χ1n) is 11.7. The first-order chi connectivity index (χ1) is 15.0. The normalized spacial score (nSPS) is 10.5. The molecule has 0 spiro atoms. The molecule has 0 fully saturated rings. The zero-order chi connectivity index (χ0) is 23.2. The highest BCUT2D eigenvalue weighted by atomic mass is 16.5. The van der Waals surface area contributed by atoms with E-state index in [1.54, 1.807) is 0 Å². The van der Waals surface area contributed by atoms with Gasteiger partial charge in [0.2, 0.25) is 0 Å². The van der Waals surface area contributed by atoms with Crippen LogP contribution in [0.4, 0.5) is 0 Å². The minimum absolute atomic E-state index is 0.0399. The van der Waals surface area contributed by atoms with Gasteiger partial charge >= 0.3 is 5.97 Å². The van der Waals surface area contributed by atoms with Crippen LogP contribution in [0.1, 0.15) is 107 Å². The lowest BCUT2D eigenvalue weighted by Gasteiger charge is -2.01. The standard InChI is InChI=1S/C18H34O2.C8H8O3/c1-2-3-4-5-6-7-8-9-10-11-12-13-14-15-16-17-18(19)20;1-11-8-4-6(5-9)2-3-7(8)10/h9-10H,2-8,11-17H2,1H3,(H,19,20);2-5,10H,1H3. The van der Waals surface area contributed by atoms with Crippen molar-refractivity contribution >= 4 is 12.3 Å². The number of aromatic hydroxyl groups is 1. The number of hydrogen-bond donors (Lipinski definition) is 2. The van der Waals surface area contributed by atoms with Crippen LogP contribution in [0.25, 0.3) is 0 Å². The average molecular weight is 435 g/mol. The number of carbonyl (C=O) groups excluding carboxylic acids is 1. The Bertz CT molecular complexity index is 610. The Morgan fingerprint density at radius 3 is 1.97 bits per heavy atom. The van der Waals surface area contributed by atoms with Gasteiger partial charge in [0.05, 0.1) is 7.11 Å². The van der Waals surface area contributed by atoms with Crippen LogP contribution in [0.2, 0.25) is 0 Å². The third kappa shape index (κ3) is 18.2. The predicted octanol–water partition coefficient (Wildman–Crippen LogP) is 7.32. The van der Waals surface area contributed by atoms with Gasteiger partial charge in [-0.15, -0.1) is 0 Å². The molecule has 0 aliphatic carbocycles. The van der Waals surface area contributed by atoms with Crippen LogP contribution >= 0.6 is 0 Å². The maximum Gasteiger partial charge on any atom is 0.303 e. The lowest BCUT2D eigenvalue weighted by atomic mass is 10.1. The summed E-state index contributed by atoms with van der Waals surface area (Å²) in [4.78, 5) is 20.6. The molecular formula is C26H42O5. The van der Waals surface area contributed by atoms with Gasteiger partial charge in [0.25, 0.3) is 0 Å². The molecule has 0 unspecified atom stereocenters. The van der Waals surface area contributed by atoms with E-state index >= 15 is 0 Å². The summed E-state index contributed by atoms with van der Waals surface area (Å²) in [6, 6.07) is 4.41. The molecule has 0 bridgehead atoms. The second-order valence-corrected chi connectivity index (χ2v) is 7.78. The van der Waals surface area contributed by atoms with Gasteiger partial charge in [-0.05, 0) is 50.3 Å². The number of allylic oxidation sites excluding steroid dienone is 2. The van der Waals surface area contributed by atoms with Crippen molar-refractivity contribution in [1.82, 2.24) is 0 Å². The Labute approximate surface area is 188 Å². The van der Waals surface area contributed by atoms with Crippen LogP contribution < -0.4 is 4.74 Å². The van der Waals surface area contributed by atoms with Gasteiger partial charge in [-0.1, -0.05) is 70.4 Å². The van der Waals surface area contributed by atoms with Gasteiger partial charge in [-0.2, -0.15) is 0 Å². The van der Waals surface area contributed by atoms with Crippen molar-refractivity contribution in [3.05, 3.63) is 35.9 Å². The number of phenolic OH excluding ortho intramolecular Hbond substituents is 1. The molecular weight excluding hydrogens is 392 g/mol. The number of methoxy groups -OCH3 is 1. The summed E-state index contributed by atoms with van der Waals surface area (Å²) < 4.78 is 4.78. The van der Waals surface area contributed by atoms with Crippen LogP contribution in [0.5, 0.6) is 11.5 Å². The fourth-order valence-corrected chi connectivity index (χ4v) is 3.11. The third-order valence-corrected chi connectivity index (χ3v) is 4.99. The Balaban J connectivity index is 0.000000683. The van der Waals surface area contributed by atoms with Crippen LogP contribution in [0, 0.1) is 0 Å². The van der Waals surface area contributed by atoms with Crippen LogP contribution in [0.15, 0.2) is 30.4 Å². The molecule has 176 valence electrons. The summed E-state index contributed by atoms with van der Waals surface area (Å²) in [6.45, 7) is 2.26. The number of phenols is 1. The Morgan fingerprint density at radius 2 is 1.45 bits per heavy atom. The minimum atomic E-state index is -0.664. The largest absolute Gasteiger partial charge is 0.504 e. The highest BCUT2D eigenvalue weighted by molar-refractivity contribution is 5.76. The SMILES string of the molecule is CCCCCCCCC=CCCCCCCCC(=O)O.COc1cc(C=O)ccc1O. The minimum Gasteiger partial charge on any atom is -0.504 e. The summed E-state index contributed by atoms with van der Waals surface area (Å²) >= 11 is 0. The first kappa shape index (κ1) is 28.7. The topological polar surface area (TPSA) is 83.8 Å². The van der Waals surface area contributed by atoms with E-state index in [1.165, 1.54) is 95.9 Å². The Morgan fingerprint density at radius 1 is 0.903 bits per heavy atom. The van der Waals surface area contributed by atoms with E-state index in [0.717, 1.165) is 12.8 Å². The summed E-state index contributed by atoms with van der Waals surface area (Å²) in [6.07, 6.45) is 21.9. The number of ether oxygens (including phenoxy) is 1. The molecule has 0 radical (unpaired) electrons. The first-order valence-corrected chi connectivity index (χ1v) is 11.7. The van der Waals surface area contributed by atoms with Gasteiger partial charge in [0.1, 0.15) is 6.29 Å². The average Bonchev–Trinajstić information content (AvgIpc) is 2.77. The molecule has 0 saturated heterocycles. The van der Waals surface area contributed by atoms with Gasteiger partial charge < -0.3 is 14.9 Å². The highest BCUT2D eigenvalue weighted by Gasteiger charge is 2.00. The number of benzene rings is 1. The molecule has 0 aliphatic heterocycles. The number of carbonyl (C=O) groups is 2. The van der Waals surface area contributed by atoms with Crippen LogP contribution in [-0.4, -0.2) is 29.6 Å². The second kappa shape index (κ2) is 21.0. The number of unbranched alkanes of at least 4 members (excludes halogenated alkanes) is 11. The molecule has 5 nitrogen and oxygen atoms in total. The van der Waals surface area contributed by atoms with Gasteiger partial charge in [0, 0.05) is 12.0 Å². The fraction of sp³-hybridized carbons (Fsp3) is 0.615. The molecule has 31 heavy (non-hydrogen) atoms. The third-order valence-electron chi connectivity index (χ3n) is 4.99. The Hall–Kier alpha value is -2.30. The number of carboxylic acid groups (broad SMARTS) is 1. The molecule has 0 saturated carbocycles. The predicted molar refractivity (Wildman–Crippen MR) is 127 cm³/mol. The molecule has 5 heteroatoms. The molecule has 2 N–H and O–H groups in total. The molecule has 1 aromatic rings. The van der Waals surface area contributed by atoms with E-state index in [0.29, 0.717) is 24.0 Å². The zero-order valence-electron chi connectivity index (χ0n) is 19.5. The van der Waals surface area contributed by atoms with Crippen molar-refractivity contribution in [2.24, 2.45) is 0 Å². The molecule has 0 heterocycles. The number of aldehydes is 1. The highest BCUT2D eigenvalue weighted by Crippen LogP contribution is 2.25. The van der Waals surface area contributed by atoms with Crippen molar-refractivity contribution in [3.63, 3.8) is 0 Å². The summed E-state index contributed by atoms with van der Waals surface area (Å²) in [7, 11) is 1.43. The van der Waals surface area contributed by atoms with Crippen molar-refractivity contribution < 1.29 is 24.5 Å². The quantitative estimate of drug-likeness (QED) is 0.152. The molecule has 0 aliphatic rings. The van der Waals surface area contributed by atoms with Crippen LogP contribution in [-0.2, 0) is 4.79 Å². The molecule has 0 amide bonds. The molecule has 1 rings (SSSR count). The van der Waals surface area contributed by atoms with E-state index in [4.69, 9.17) is 14.9 Å². The van der Waals surface area contributed by atoms with Gasteiger partial charge in [-0.25, -0.2) is 0 Å². The Kier molecular flexibility index (Phi) is 19.4. The summed E-state index contributed by atoms with van der Waals surface area (Å²) in [5, 5.41) is 17.6. The molecule has 1 aromatic carbocycles. The summed E-state index contributed by atoms with van der Waals surface area (Å²) in [5.41, 5.74) is 0.486. The van der Waals surface area contributed by atoms with E-state index in [-0.39, 0.29) is 5.75 Å². The monoisotopic (exact) mass is 434 g/mol. The molecule has 0 atom stereocenters. The molecule has 0 aromatic heterocycles. The lowest BCUT2D eigenvalue weighted by Crippen LogP contribution is -1.93. The van der Waals surface area contributed by atoms with Crippen molar-refractivity contribution in [2.45, 2.75) is 96.8 Å². The van der Waals surface area contributed by atoms with Crippen molar-refractivity contribution in [3.8, 4) is 11.5 Å². The maximum absolute atomic E-state index is 10.3.